The fraction of sp³-hybridized carbons (Fsp3) is 0.966. The summed E-state index contributed by atoms with van der Waals surface area (Å²) in [6.07, 6.45) is 18.7. The predicted octanol–water partition coefficient (Wildman–Crippen LogP) is 9.90. The van der Waals surface area contributed by atoms with Crippen molar-refractivity contribution < 1.29 is 9.90 Å². The summed E-state index contributed by atoms with van der Waals surface area (Å²) in [5.74, 6) is 1.19. The number of unbranched alkanes of at least 4 members (excludes halogenated alkanes) is 9. The molecule has 2 heteroatoms. The molecule has 3 unspecified atom stereocenters. The van der Waals surface area contributed by atoms with E-state index in [2.05, 4.69) is 55.4 Å². The number of carboxylic acid groups (broad SMARTS) is 1. The molecule has 0 bridgehead atoms. The van der Waals surface area contributed by atoms with Gasteiger partial charge in [-0.25, -0.2) is 0 Å². The minimum Gasteiger partial charge on any atom is -0.481 e. The van der Waals surface area contributed by atoms with E-state index in [0.717, 1.165) is 12.8 Å². The highest BCUT2D eigenvalue weighted by molar-refractivity contribution is 5.66. The van der Waals surface area contributed by atoms with Crippen LogP contribution >= 0.6 is 0 Å². The highest BCUT2D eigenvalue weighted by atomic mass is 16.4. The Morgan fingerprint density at radius 1 is 0.710 bits per heavy atom. The predicted molar refractivity (Wildman–Crippen MR) is 138 cm³/mol. The van der Waals surface area contributed by atoms with Gasteiger partial charge in [0.2, 0.25) is 0 Å². The van der Waals surface area contributed by atoms with Gasteiger partial charge in [-0.05, 0) is 54.3 Å². The molecule has 0 heterocycles. The normalized spacial score (nSPS) is 15.6. The summed E-state index contributed by atoms with van der Waals surface area (Å²) in [5.41, 5.74) is 0.584. The highest BCUT2D eigenvalue weighted by Gasteiger charge is 2.30. The van der Waals surface area contributed by atoms with Crippen molar-refractivity contribution in [3.8, 4) is 0 Å². The van der Waals surface area contributed by atoms with Gasteiger partial charge in [-0.3, -0.25) is 4.79 Å². The third-order valence-corrected chi connectivity index (χ3v) is 7.68. The van der Waals surface area contributed by atoms with E-state index in [-0.39, 0.29) is 5.41 Å². The molecule has 0 radical (unpaired) electrons. The molecule has 31 heavy (non-hydrogen) atoms. The van der Waals surface area contributed by atoms with Crippen LogP contribution in [0.25, 0.3) is 0 Å². The average molecular weight is 439 g/mol. The van der Waals surface area contributed by atoms with Crippen molar-refractivity contribution in [1.82, 2.24) is 0 Å². The molecule has 0 aliphatic rings. The second-order valence-corrected chi connectivity index (χ2v) is 12.6. The van der Waals surface area contributed by atoms with E-state index in [4.69, 9.17) is 0 Å². The monoisotopic (exact) mass is 438 g/mol. The van der Waals surface area contributed by atoms with Gasteiger partial charge >= 0.3 is 5.97 Å². The van der Waals surface area contributed by atoms with Crippen molar-refractivity contribution in [2.75, 3.05) is 0 Å². The van der Waals surface area contributed by atoms with Gasteiger partial charge in [-0.2, -0.15) is 0 Å². The van der Waals surface area contributed by atoms with E-state index >= 15 is 0 Å². The molecule has 0 saturated heterocycles. The zero-order valence-electron chi connectivity index (χ0n) is 22.7. The Labute approximate surface area is 196 Å². The van der Waals surface area contributed by atoms with E-state index in [9.17, 15) is 9.90 Å². The molecule has 0 rings (SSSR count). The second-order valence-electron chi connectivity index (χ2n) is 12.6. The van der Waals surface area contributed by atoms with Crippen LogP contribution in [0, 0.1) is 28.6 Å². The highest BCUT2D eigenvalue weighted by Crippen LogP contribution is 2.40. The largest absolute Gasteiger partial charge is 0.481 e. The van der Waals surface area contributed by atoms with Crippen LogP contribution < -0.4 is 0 Å². The Morgan fingerprint density at radius 2 is 1.19 bits per heavy atom. The van der Waals surface area contributed by atoms with Gasteiger partial charge < -0.3 is 5.11 Å². The van der Waals surface area contributed by atoms with Crippen LogP contribution in [0.15, 0.2) is 0 Å². The van der Waals surface area contributed by atoms with E-state index in [1.54, 1.807) is 0 Å². The standard InChI is InChI=1S/C29H58O2/c1-9-10-11-12-13-14-15-16-17-18-19-26(29(6,7)8)23-25(20-21-27(30)31)22-24(2)28(3,4)5/h24-26H,9-23H2,1-8H3,(H,30,31). The summed E-state index contributed by atoms with van der Waals surface area (Å²) in [7, 11) is 0. The van der Waals surface area contributed by atoms with Gasteiger partial charge in [0.05, 0.1) is 0 Å². The average Bonchev–Trinajstić information content (AvgIpc) is 2.64. The lowest BCUT2D eigenvalue weighted by Crippen LogP contribution is -2.27. The number of hydrogen-bond donors (Lipinski definition) is 1. The van der Waals surface area contributed by atoms with Crippen molar-refractivity contribution in [2.45, 2.75) is 152 Å². The molecule has 0 fully saturated rings. The molecule has 0 saturated carbocycles. The molecular weight excluding hydrogens is 380 g/mol. The number of aliphatic carboxylic acids is 1. The molecule has 0 aliphatic heterocycles. The summed E-state index contributed by atoms with van der Waals surface area (Å²) in [6.45, 7) is 18.7. The molecule has 3 atom stereocenters. The third kappa shape index (κ3) is 16.7. The Balaban J connectivity index is 4.54. The van der Waals surface area contributed by atoms with Crippen molar-refractivity contribution in [2.24, 2.45) is 28.6 Å². The fourth-order valence-electron chi connectivity index (χ4n) is 4.70. The minimum atomic E-state index is -0.643. The third-order valence-electron chi connectivity index (χ3n) is 7.68. The van der Waals surface area contributed by atoms with Crippen LogP contribution in [-0.4, -0.2) is 11.1 Å². The fourth-order valence-corrected chi connectivity index (χ4v) is 4.70. The van der Waals surface area contributed by atoms with Crippen LogP contribution in [0.5, 0.6) is 0 Å². The molecule has 0 amide bonds. The molecule has 0 aliphatic carbocycles. The molecular formula is C29H58O2. The smallest absolute Gasteiger partial charge is 0.303 e. The summed E-state index contributed by atoms with van der Waals surface area (Å²) < 4.78 is 0. The first-order valence-corrected chi connectivity index (χ1v) is 13.6. The Bertz CT molecular complexity index is 441. The van der Waals surface area contributed by atoms with Crippen molar-refractivity contribution in [1.29, 1.82) is 0 Å². The summed E-state index contributed by atoms with van der Waals surface area (Å²) in [6, 6.07) is 0. The summed E-state index contributed by atoms with van der Waals surface area (Å²) >= 11 is 0. The van der Waals surface area contributed by atoms with Crippen molar-refractivity contribution >= 4 is 5.97 Å². The Hall–Kier alpha value is -0.530. The Morgan fingerprint density at radius 3 is 1.61 bits per heavy atom. The maximum Gasteiger partial charge on any atom is 0.303 e. The first-order valence-electron chi connectivity index (χ1n) is 13.6. The maximum atomic E-state index is 11.2. The number of carboxylic acids is 1. The molecule has 0 aromatic rings. The van der Waals surface area contributed by atoms with Crippen LogP contribution in [0.2, 0.25) is 0 Å². The van der Waals surface area contributed by atoms with Crippen LogP contribution in [0.1, 0.15) is 152 Å². The lowest BCUT2D eigenvalue weighted by Gasteiger charge is -2.36. The van der Waals surface area contributed by atoms with Gasteiger partial charge in [0.1, 0.15) is 0 Å². The van der Waals surface area contributed by atoms with E-state index in [0.29, 0.717) is 29.6 Å². The maximum absolute atomic E-state index is 11.2. The molecule has 1 N–H and O–H groups in total. The molecule has 0 aromatic carbocycles. The van der Waals surface area contributed by atoms with E-state index in [1.807, 2.05) is 0 Å². The van der Waals surface area contributed by atoms with Crippen LogP contribution in [-0.2, 0) is 4.79 Å². The van der Waals surface area contributed by atoms with E-state index < -0.39 is 5.97 Å². The minimum absolute atomic E-state index is 0.287. The number of carbonyl (C=O) groups is 1. The molecule has 2 nitrogen and oxygen atoms in total. The topological polar surface area (TPSA) is 37.3 Å². The summed E-state index contributed by atoms with van der Waals surface area (Å²) in [4.78, 5) is 11.2. The van der Waals surface area contributed by atoms with Crippen molar-refractivity contribution in [3.63, 3.8) is 0 Å². The Kier molecular flexibility index (Phi) is 15.9. The molecule has 186 valence electrons. The second kappa shape index (κ2) is 16.1. The summed E-state index contributed by atoms with van der Waals surface area (Å²) in [5, 5.41) is 9.25. The zero-order valence-corrected chi connectivity index (χ0v) is 22.7. The first kappa shape index (κ1) is 30.5. The number of hydrogen-bond acceptors (Lipinski definition) is 1. The van der Waals surface area contributed by atoms with Gasteiger partial charge in [0.15, 0.2) is 0 Å². The van der Waals surface area contributed by atoms with Crippen molar-refractivity contribution in [3.05, 3.63) is 0 Å². The quantitative estimate of drug-likeness (QED) is 0.216. The van der Waals surface area contributed by atoms with Gasteiger partial charge in [-0.15, -0.1) is 0 Å². The lowest BCUT2D eigenvalue weighted by atomic mass is 9.69. The first-order chi connectivity index (χ1) is 14.4. The molecule has 0 aromatic heterocycles. The lowest BCUT2D eigenvalue weighted by molar-refractivity contribution is -0.137. The van der Waals surface area contributed by atoms with Gasteiger partial charge in [0, 0.05) is 6.42 Å². The van der Waals surface area contributed by atoms with Gasteiger partial charge in [-0.1, -0.05) is 120 Å². The SMILES string of the molecule is CCCCCCCCCCCCC(CC(CCC(=O)O)CC(C)C(C)(C)C)C(C)(C)C. The van der Waals surface area contributed by atoms with Crippen LogP contribution in [0.3, 0.4) is 0 Å². The van der Waals surface area contributed by atoms with E-state index in [1.165, 1.54) is 77.0 Å². The van der Waals surface area contributed by atoms with Gasteiger partial charge in [0.25, 0.3) is 0 Å². The van der Waals surface area contributed by atoms with Crippen LogP contribution in [0.4, 0.5) is 0 Å². The molecule has 0 spiro atoms. The zero-order chi connectivity index (χ0) is 23.9. The number of rotatable bonds is 18.